The molecule has 2 unspecified atom stereocenters. The summed E-state index contributed by atoms with van der Waals surface area (Å²) < 4.78 is 0. The molecule has 130 valence electrons. The fraction of sp³-hybridized carbons (Fsp3) is 0.478. The Hall–Kier alpha value is -1.60. The minimum Gasteiger partial charge on any atom is -0.321 e. The van der Waals surface area contributed by atoms with E-state index in [1.165, 1.54) is 43.2 Å². The monoisotopic (exact) mass is 323 g/mol. The minimum absolute atomic E-state index is 0.108. The highest BCUT2D eigenvalue weighted by Gasteiger charge is 2.30. The van der Waals surface area contributed by atoms with Crippen LogP contribution in [0.15, 0.2) is 60.7 Å². The molecule has 1 aliphatic carbocycles. The van der Waals surface area contributed by atoms with Crippen molar-refractivity contribution in [2.75, 3.05) is 0 Å². The van der Waals surface area contributed by atoms with Crippen LogP contribution >= 0.6 is 0 Å². The second-order valence-electron chi connectivity index (χ2n) is 6.84. The quantitative estimate of drug-likeness (QED) is 0.678. The van der Waals surface area contributed by atoms with Crippen LogP contribution in [0.2, 0.25) is 0 Å². The molecule has 24 heavy (non-hydrogen) atoms. The van der Waals surface area contributed by atoms with Gasteiger partial charge in [0.15, 0.2) is 0 Å². The number of hydrogen-bond donors (Lipinski definition) is 1. The molecule has 2 N–H and O–H groups in total. The number of benzene rings is 2. The van der Waals surface area contributed by atoms with E-state index in [0.29, 0.717) is 0 Å². The first-order valence-electron chi connectivity index (χ1n) is 9.65. The van der Waals surface area contributed by atoms with Gasteiger partial charge in [0.2, 0.25) is 0 Å². The molecular weight excluding hydrogens is 290 g/mol. The third-order valence-electron chi connectivity index (χ3n) is 5.27. The Morgan fingerprint density at radius 3 is 2.17 bits per heavy atom. The summed E-state index contributed by atoms with van der Waals surface area (Å²) >= 11 is 0. The van der Waals surface area contributed by atoms with Gasteiger partial charge in [-0.25, -0.2) is 0 Å². The highest BCUT2D eigenvalue weighted by molar-refractivity contribution is 5.24. The van der Waals surface area contributed by atoms with Gasteiger partial charge in [-0.05, 0) is 49.1 Å². The van der Waals surface area contributed by atoms with E-state index in [1.54, 1.807) is 0 Å². The smallest absolute Gasteiger partial charge is 0.0409 e. The molecule has 0 aromatic heterocycles. The zero-order valence-electron chi connectivity index (χ0n) is 15.4. The van der Waals surface area contributed by atoms with E-state index in [1.807, 2.05) is 13.8 Å². The fourth-order valence-corrected chi connectivity index (χ4v) is 3.80. The van der Waals surface area contributed by atoms with Crippen molar-refractivity contribution in [1.82, 2.24) is 0 Å². The van der Waals surface area contributed by atoms with Crippen LogP contribution in [0.3, 0.4) is 0 Å². The standard InChI is InChI=1S/C21H27N.C2H6/c22-21(20-11-5-2-6-12-20)16-7-10-19(15-17-21)14-13-18-8-3-1-4-9-18;1-2/h1-6,8-9,11-12,19H,7,10,13-17,22H2;1-2H3. The van der Waals surface area contributed by atoms with Crippen LogP contribution < -0.4 is 5.73 Å². The average molecular weight is 324 g/mol. The fourth-order valence-electron chi connectivity index (χ4n) is 3.80. The van der Waals surface area contributed by atoms with Crippen LogP contribution in [-0.4, -0.2) is 0 Å². The molecule has 0 spiro atoms. The lowest BCUT2D eigenvalue weighted by atomic mass is 9.83. The Morgan fingerprint density at radius 1 is 0.875 bits per heavy atom. The SMILES string of the molecule is CC.NC1(c2ccccc2)CCCC(CCc2ccccc2)CC1. The third kappa shape index (κ3) is 5.21. The molecule has 0 saturated heterocycles. The summed E-state index contributed by atoms with van der Waals surface area (Å²) in [6.07, 6.45) is 8.60. The molecule has 1 fully saturated rings. The number of aryl methyl sites for hydroxylation is 1. The van der Waals surface area contributed by atoms with Gasteiger partial charge in [0.05, 0.1) is 0 Å². The summed E-state index contributed by atoms with van der Waals surface area (Å²) in [6, 6.07) is 21.6. The molecule has 2 aromatic carbocycles. The molecule has 1 nitrogen and oxygen atoms in total. The van der Waals surface area contributed by atoms with Crippen molar-refractivity contribution >= 4 is 0 Å². The average Bonchev–Trinajstić information content (AvgIpc) is 2.86. The zero-order valence-corrected chi connectivity index (χ0v) is 15.4. The molecule has 0 radical (unpaired) electrons. The lowest BCUT2D eigenvalue weighted by Gasteiger charge is -2.29. The predicted octanol–water partition coefficient (Wildman–Crippen LogP) is 6.08. The van der Waals surface area contributed by atoms with Crippen molar-refractivity contribution in [3.8, 4) is 0 Å². The molecule has 1 aliphatic rings. The van der Waals surface area contributed by atoms with Crippen LogP contribution in [0, 0.1) is 5.92 Å². The van der Waals surface area contributed by atoms with Crippen LogP contribution in [0.25, 0.3) is 0 Å². The predicted molar refractivity (Wildman–Crippen MR) is 105 cm³/mol. The van der Waals surface area contributed by atoms with Crippen molar-refractivity contribution in [1.29, 1.82) is 0 Å². The van der Waals surface area contributed by atoms with Gasteiger partial charge in [-0.3, -0.25) is 0 Å². The number of rotatable bonds is 4. The van der Waals surface area contributed by atoms with Gasteiger partial charge in [0.1, 0.15) is 0 Å². The highest BCUT2D eigenvalue weighted by Crippen LogP contribution is 2.37. The molecule has 0 bridgehead atoms. The van der Waals surface area contributed by atoms with Crippen molar-refractivity contribution < 1.29 is 0 Å². The van der Waals surface area contributed by atoms with Gasteiger partial charge in [-0.15, -0.1) is 0 Å². The Bertz CT molecular complexity index is 563. The molecular formula is C23H33N. The van der Waals surface area contributed by atoms with Gasteiger partial charge in [-0.1, -0.05) is 87.4 Å². The molecule has 3 rings (SSSR count). The first kappa shape index (κ1) is 18.7. The molecule has 0 aliphatic heterocycles. The van der Waals surface area contributed by atoms with E-state index >= 15 is 0 Å². The lowest BCUT2D eigenvalue weighted by molar-refractivity contribution is 0.368. The van der Waals surface area contributed by atoms with Gasteiger partial charge in [0.25, 0.3) is 0 Å². The second-order valence-corrected chi connectivity index (χ2v) is 6.84. The van der Waals surface area contributed by atoms with E-state index in [0.717, 1.165) is 18.8 Å². The Labute approximate surface area is 148 Å². The van der Waals surface area contributed by atoms with E-state index in [2.05, 4.69) is 60.7 Å². The molecule has 0 heterocycles. The van der Waals surface area contributed by atoms with Gasteiger partial charge < -0.3 is 5.73 Å². The van der Waals surface area contributed by atoms with Crippen LogP contribution in [0.4, 0.5) is 0 Å². The molecule has 2 atom stereocenters. The topological polar surface area (TPSA) is 26.0 Å². The Morgan fingerprint density at radius 2 is 1.50 bits per heavy atom. The van der Waals surface area contributed by atoms with Crippen molar-refractivity contribution in [3.63, 3.8) is 0 Å². The molecule has 1 saturated carbocycles. The first-order chi connectivity index (χ1) is 11.8. The summed E-state index contributed by atoms with van der Waals surface area (Å²) in [4.78, 5) is 0. The first-order valence-corrected chi connectivity index (χ1v) is 9.65. The van der Waals surface area contributed by atoms with Crippen molar-refractivity contribution in [3.05, 3.63) is 71.8 Å². The van der Waals surface area contributed by atoms with Crippen LogP contribution in [0.1, 0.15) is 63.5 Å². The maximum Gasteiger partial charge on any atom is 0.0409 e. The van der Waals surface area contributed by atoms with Crippen LogP contribution in [-0.2, 0) is 12.0 Å². The van der Waals surface area contributed by atoms with Gasteiger partial charge in [-0.2, -0.15) is 0 Å². The van der Waals surface area contributed by atoms with Crippen LogP contribution in [0.5, 0.6) is 0 Å². The van der Waals surface area contributed by atoms with Crippen molar-refractivity contribution in [2.24, 2.45) is 11.7 Å². The normalized spacial score (nSPS) is 23.7. The summed E-state index contributed by atoms with van der Waals surface area (Å²) in [5, 5.41) is 0. The van der Waals surface area contributed by atoms with E-state index < -0.39 is 0 Å². The van der Waals surface area contributed by atoms with Gasteiger partial charge in [0, 0.05) is 5.54 Å². The second kappa shape index (κ2) is 9.64. The maximum absolute atomic E-state index is 6.75. The zero-order chi connectivity index (χ0) is 17.3. The molecule has 2 aromatic rings. The molecule has 1 heteroatoms. The Balaban J connectivity index is 0.00000100. The summed E-state index contributed by atoms with van der Waals surface area (Å²) in [5.74, 6) is 0.828. The number of nitrogens with two attached hydrogens (primary N) is 1. The van der Waals surface area contributed by atoms with Gasteiger partial charge >= 0.3 is 0 Å². The number of hydrogen-bond acceptors (Lipinski definition) is 1. The highest BCUT2D eigenvalue weighted by atomic mass is 14.7. The molecule has 0 amide bonds. The summed E-state index contributed by atoms with van der Waals surface area (Å²) in [5.41, 5.74) is 9.43. The third-order valence-corrected chi connectivity index (χ3v) is 5.27. The maximum atomic E-state index is 6.75. The minimum atomic E-state index is -0.108. The lowest BCUT2D eigenvalue weighted by Crippen LogP contribution is -2.36. The summed E-state index contributed by atoms with van der Waals surface area (Å²) in [6.45, 7) is 4.00. The van der Waals surface area contributed by atoms with E-state index in [4.69, 9.17) is 5.73 Å². The van der Waals surface area contributed by atoms with E-state index in [-0.39, 0.29) is 5.54 Å². The summed E-state index contributed by atoms with van der Waals surface area (Å²) in [7, 11) is 0. The largest absolute Gasteiger partial charge is 0.321 e. The van der Waals surface area contributed by atoms with E-state index in [9.17, 15) is 0 Å². The van der Waals surface area contributed by atoms with Crippen molar-refractivity contribution in [2.45, 2.75) is 64.3 Å². The Kier molecular flexibility index (Phi) is 7.52.